The maximum atomic E-state index is 10.7. The first-order chi connectivity index (χ1) is 35.4. The van der Waals surface area contributed by atoms with Gasteiger partial charge >= 0.3 is 52.0 Å². The van der Waals surface area contributed by atoms with Crippen LogP contribution in [-0.2, 0) is 38.2 Å². The number of halogens is 3. The van der Waals surface area contributed by atoms with E-state index >= 15 is 0 Å². The van der Waals surface area contributed by atoms with Crippen LogP contribution in [0.3, 0.4) is 0 Å². The summed E-state index contributed by atoms with van der Waals surface area (Å²) in [5, 5.41) is 15.2. The third-order valence-electron chi connectivity index (χ3n) is 22.1. The van der Waals surface area contributed by atoms with Crippen LogP contribution < -0.4 is 29.6 Å². The number of rotatable bonds is 13. The molecule has 0 spiro atoms. The number of carbonyl (C=O) groups is 6. The number of aliphatic hydroxyl groups is 2. The molecule has 78 heavy (non-hydrogen) atoms. The third kappa shape index (κ3) is 18.4. The van der Waals surface area contributed by atoms with Crippen molar-refractivity contribution in [2.24, 2.45) is 104 Å². The van der Waals surface area contributed by atoms with E-state index < -0.39 is 10.5 Å². The van der Waals surface area contributed by atoms with Crippen molar-refractivity contribution in [3.63, 3.8) is 0 Å². The maximum Gasteiger partial charge on any atom is 1.00 e. The molecule has 0 amide bonds. The minimum atomic E-state index is -1.14. The first kappa shape index (κ1) is 73.0. The molecule has 11 fully saturated rings. The zero-order valence-corrected chi connectivity index (χ0v) is 54.8. The van der Waals surface area contributed by atoms with Gasteiger partial charge in [-0.1, -0.05) is 92.5 Å². The number of allylic oxidation sites excluding steroid dienone is 2. The van der Waals surface area contributed by atoms with Crippen molar-refractivity contribution >= 4 is 68.8 Å². The standard InChI is InChI=1S/C13H22O2.C13H20O2.C11H20O.2C11H18O.C2Cl2O2.C2H3ClO.Na.H2O/c2*1-9(14)15-7-6-10-4-5-11-8-12(10)13(11,2)3;3*1-11(2)9-4-3-8(5-6-12)10(11)7-9;3-1(5)2(4)6;1-2(3)4;;/h10-12H,4-8H2,1-3H3;4,11-12H,5-8H2,1-3H3;8-10,12H,3-7H2,1-2H3;6,8-10H,3-5,7H2,1-2H3;3,9-10,12H,4-7H2,1-2H3;;1H3;;1H2/q;;;;;;;+1;/p-1/t10-,11-,12-;;2*8-,9-,10-;;;;;/m0.00...../s1. The molecule has 15 rings (SSSR count). The summed E-state index contributed by atoms with van der Waals surface area (Å²) >= 11 is 13.6. The van der Waals surface area contributed by atoms with Crippen LogP contribution in [0.25, 0.3) is 0 Å². The van der Waals surface area contributed by atoms with Gasteiger partial charge in [-0.05, 0) is 242 Å². The van der Waals surface area contributed by atoms with Crippen molar-refractivity contribution < 1.29 is 83.5 Å². The molecule has 10 bridgehead atoms. The number of aldehydes is 1. The van der Waals surface area contributed by atoms with Crippen molar-refractivity contribution in [1.29, 1.82) is 0 Å². The van der Waals surface area contributed by atoms with E-state index in [4.69, 9.17) is 19.7 Å². The molecule has 0 saturated heterocycles. The third-order valence-corrected chi connectivity index (χ3v) is 22.6. The topological polar surface area (TPSA) is 191 Å². The molecular weight excluding hydrogens is 1060 g/mol. The average molecular weight is 1160 g/mol. The molecule has 11 saturated carbocycles. The Kier molecular flexibility index (Phi) is 29.6. The van der Waals surface area contributed by atoms with Gasteiger partial charge in [-0.2, -0.15) is 0 Å². The molecule has 0 aromatic rings. The molecule has 0 radical (unpaired) electrons. The van der Waals surface area contributed by atoms with E-state index in [0.29, 0.717) is 59.4 Å². The molecule has 0 aromatic carbocycles. The monoisotopic (exact) mass is 1160 g/mol. The van der Waals surface area contributed by atoms with Gasteiger partial charge in [0.1, 0.15) is 6.29 Å². The Balaban J connectivity index is 0.000000318. The van der Waals surface area contributed by atoms with Crippen LogP contribution in [0.4, 0.5) is 0 Å². The first-order valence-electron chi connectivity index (χ1n) is 29.2. The van der Waals surface area contributed by atoms with Crippen molar-refractivity contribution in [2.75, 3.05) is 26.4 Å². The van der Waals surface area contributed by atoms with Gasteiger partial charge < -0.3 is 30.0 Å². The molecule has 442 valence electrons. The van der Waals surface area contributed by atoms with E-state index in [1.165, 1.54) is 115 Å². The van der Waals surface area contributed by atoms with Crippen molar-refractivity contribution in [2.45, 2.75) is 206 Å². The number of carbonyl (C=O) groups excluding carboxylic acids is 6. The van der Waals surface area contributed by atoms with Crippen LogP contribution in [-0.4, -0.2) is 76.1 Å². The SMILES string of the molecule is CC(=O)Cl.CC(=O)OCCC1=CCC2CC1C2(C)C.CC(=O)OCC[C@@H]1CC[C@H]2C[C@@H]1C2(C)C.CC1(C)C2CC=C(CCO)C1C2.CC1(C)[C@H]2CC[C@@H](CC=O)[C@@H]1C2.CC1(C)[C@H]2CC[C@@H](CCO)[C@@H]1C2.O=C(Cl)C(=O)Cl.[Na+].[OH-]. The van der Waals surface area contributed by atoms with Crippen LogP contribution in [0.2, 0.25) is 0 Å². The summed E-state index contributed by atoms with van der Waals surface area (Å²) in [5.41, 5.74) is 5.75. The van der Waals surface area contributed by atoms with E-state index in [2.05, 4.69) is 116 Å². The Morgan fingerprint density at radius 1 is 0.526 bits per heavy atom. The zero-order chi connectivity index (χ0) is 57.1. The van der Waals surface area contributed by atoms with Gasteiger partial charge in [0.05, 0.1) is 13.2 Å². The molecule has 15 aliphatic carbocycles. The molecule has 4 unspecified atom stereocenters. The second kappa shape index (κ2) is 31.7. The fourth-order valence-corrected chi connectivity index (χ4v) is 16.5. The van der Waals surface area contributed by atoms with Crippen molar-refractivity contribution in [1.82, 2.24) is 0 Å². The van der Waals surface area contributed by atoms with Gasteiger partial charge in [0.15, 0.2) is 0 Å². The van der Waals surface area contributed by atoms with Crippen molar-refractivity contribution in [3.05, 3.63) is 23.3 Å². The van der Waals surface area contributed by atoms with E-state index in [1.807, 2.05) is 0 Å². The summed E-state index contributed by atoms with van der Waals surface area (Å²) in [6, 6.07) is 0. The predicted molar refractivity (Wildman–Crippen MR) is 307 cm³/mol. The van der Waals surface area contributed by atoms with Crippen LogP contribution >= 0.6 is 34.8 Å². The van der Waals surface area contributed by atoms with Crippen LogP contribution in [0.1, 0.15) is 206 Å². The maximum absolute atomic E-state index is 10.7. The molecule has 0 heterocycles. The predicted octanol–water partition coefficient (Wildman–Crippen LogP) is 11.5. The Bertz CT molecular complexity index is 2020. The number of hydrogen-bond donors (Lipinski definition) is 2. The zero-order valence-electron chi connectivity index (χ0n) is 50.5. The smallest absolute Gasteiger partial charge is 0.870 e. The Morgan fingerprint density at radius 2 is 0.885 bits per heavy atom. The fourth-order valence-electron chi connectivity index (χ4n) is 16.5. The molecule has 11 nitrogen and oxygen atoms in total. The van der Waals surface area contributed by atoms with Gasteiger partial charge in [-0.15, -0.1) is 0 Å². The molecule has 0 aromatic heterocycles. The van der Waals surface area contributed by atoms with Gasteiger partial charge in [0, 0.05) is 46.8 Å². The van der Waals surface area contributed by atoms with Crippen LogP contribution in [0, 0.1) is 104 Å². The molecule has 13 atom stereocenters. The normalized spacial score (nSPS) is 33.2. The van der Waals surface area contributed by atoms with Gasteiger partial charge in [0.2, 0.25) is 5.24 Å². The first-order valence-corrected chi connectivity index (χ1v) is 30.4. The van der Waals surface area contributed by atoms with E-state index in [-0.39, 0.29) is 52.2 Å². The molecule has 3 N–H and O–H groups in total. The Hall–Kier alpha value is -1.15. The Labute approximate surface area is 508 Å². The summed E-state index contributed by atoms with van der Waals surface area (Å²) in [5.74, 6) is 10.9. The number of fused-ring (bicyclic) bond motifs is 8. The number of aliphatic hydroxyl groups excluding tert-OH is 2. The molecular formula is C63H102Cl3NaO11. The van der Waals surface area contributed by atoms with Gasteiger partial charge in [-0.3, -0.25) is 24.0 Å². The minimum absolute atomic E-state index is 0. The number of esters is 2. The largest absolute Gasteiger partial charge is 1.00 e. The van der Waals surface area contributed by atoms with E-state index in [9.17, 15) is 28.8 Å². The quantitative estimate of drug-likeness (QED) is 0.0445. The van der Waals surface area contributed by atoms with E-state index in [0.717, 1.165) is 109 Å². The van der Waals surface area contributed by atoms with Gasteiger partial charge in [0.25, 0.3) is 0 Å². The summed E-state index contributed by atoms with van der Waals surface area (Å²) < 4.78 is 10.0. The molecule has 0 aliphatic heterocycles. The average Bonchev–Trinajstić information content (AvgIpc) is 3.35. The summed E-state index contributed by atoms with van der Waals surface area (Å²) in [6.07, 6.45) is 28.2. The van der Waals surface area contributed by atoms with Gasteiger partial charge in [-0.25, -0.2) is 0 Å². The summed E-state index contributed by atoms with van der Waals surface area (Å²) in [7, 11) is 0. The fraction of sp³-hybridized carbons (Fsp3) is 0.841. The summed E-state index contributed by atoms with van der Waals surface area (Å²) in [6.45, 7) is 30.0. The molecule has 15 aliphatic rings. The number of ether oxygens (including phenoxy) is 2. The Morgan fingerprint density at radius 3 is 1.19 bits per heavy atom. The van der Waals surface area contributed by atoms with E-state index in [1.54, 1.807) is 0 Å². The van der Waals surface area contributed by atoms with Crippen LogP contribution in [0.15, 0.2) is 23.3 Å². The van der Waals surface area contributed by atoms with Crippen molar-refractivity contribution in [3.8, 4) is 0 Å². The molecule has 15 heteroatoms. The second-order valence-corrected chi connectivity index (χ2v) is 28.6. The minimum Gasteiger partial charge on any atom is -0.870 e. The number of hydrogen-bond acceptors (Lipinski definition) is 11. The van der Waals surface area contributed by atoms with Crippen LogP contribution in [0.5, 0.6) is 0 Å². The summed E-state index contributed by atoms with van der Waals surface area (Å²) in [4.78, 5) is 59.9. The second-order valence-electron chi connectivity index (χ2n) is 27.4.